The molecule has 0 saturated carbocycles. The number of aromatic nitrogens is 1. The van der Waals surface area contributed by atoms with Crippen molar-refractivity contribution in [3.63, 3.8) is 0 Å². The summed E-state index contributed by atoms with van der Waals surface area (Å²) in [5, 5.41) is 6.21. The van der Waals surface area contributed by atoms with Crippen LogP contribution in [0.25, 0.3) is 0 Å². The molecule has 3 aromatic rings. The summed E-state index contributed by atoms with van der Waals surface area (Å²) in [5.74, 6) is 0.511. The Balaban J connectivity index is 1.41. The van der Waals surface area contributed by atoms with Crippen LogP contribution in [-0.2, 0) is 17.6 Å². The van der Waals surface area contributed by atoms with E-state index in [0.29, 0.717) is 12.2 Å². The molecule has 2 N–H and O–H groups in total. The summed E-state index contributed by atoms with van der Waals surface area (Å²) in [7, 11) is 0. The quantitative estimate of drug-likeness (QED) is 0.577. The van der Waals surface area contributed by atoms with Crippen LogP contribution in [0.1, 0.15) is 23.1 Å². The topological polar surface area (TPSA) is 54.0 Å². The minimum Gasteiger partial charge on any atom is -0.384 e. The normalized spacial score (nSPS) is 10.4. The number of amides is 1. The first-order chi connectivity index (χ1) is 13.2. The highest BCUT2D eigenvalue weighted by molar-refractivity contribution is 5.91. The van der Waals surface area contributed by atoms with Gasteiger partial charge in [0.05, 0.1) is 18.3 Å². The van der Waals surface area contributed by atoms with Crippen molar-refractivity contribution in [2.75, 3.05) is 17.2 Å². The van der Waals surface area contributed by atoms with Crippen molar-refractivity contribution in [1.82, 2.24) is 4.98 Å². The zero-order valence-corrected chi connectivity index (χ0v) is 15.6. The van der Waals surface area contributed by atoms with Gasteiger partial charge in [-0.3, -0.25) is 4.79 Å². The number of hydrogen-bond donors (Lipinski definition) is 2. The number of nitrogens with zero attached hydrogens (tertiary/aromatic N) is 1. The van der Waals surface area contributed by atoms with E-state index >= 15 is 0 Å². The van der Waals surface area contributed by atoms with E-state index in [1.54, 1.807) is 6.20 Å². The number of carbonyl (C=O) groups is 1. The number of carbonyl (C=O) groups excluding carboxylic acids is 1. The molecular weight excluding hydrogens is 334 g/mol. The molecule has 0 aliphatic carbocycles. The van der Waals surface area contributed by atoms with Gasteiger partial charge in [0, 0.05) is 6.54 Å². The van der Waals surface area contributed by atoms with Gasteiger partial charge in [0.2, 0.25) is 5.91 Å². The summed E-state index contributed by atoms with van der Waals surface area (Å²) in [5.41, 5.74) is 4.49. The average molecular weight is 359 g/mol. The SMILES string of the molecule is Cc1ccc(CC(=O)Nc2ccc(NCCCc3ccccc3)cn2)cc1. The summed E-state index contributed by atoms with van der Waals surface area (Å²) in [6, 6.07) is 22.2. The Hall–Kier alpha value is -3.14. The zero-order valence-electron chi connectivity index (χ0n) is 15.6. The molecule has 0 aliphatic heterocycles. The van der Waals surface area contributed by atoms with Crippen LogP contribution in [-0.4, -0.2) is 17.4 Å². The van der Waals surface area contributed by atoms with E-state index in [9.17, 15) is 4.79 Å². The maximum absolute atomic E-state index is 12.1. The highest BCUT2D eigenvalue weighted by Gasteiger charge is 2.05. The Bertz CT molecular complexity index is 843. The molecule has 4 nitrogen and oxygen atoms in total. The average Bonchev–Trinajstić information content (AvgIpc) is 2.69. The molecule has 0 unspecified atom stereocenters. The number of rotatable bonds is 8. The van der Waals surface area contributed by atoms with Gasteiger partial charge >= 0.3 is 0 Å². The molecule has 2 aromatic carbocycles. The van der Waals surface area contributed by atoms with Crippen molar-refractivity contribution in [1.29, 1.82) is 0 Å². The van der Waals surface area contributed by atoms with Crippen LogP contribution in [0.3, 0.4) is 0 Å². The molecule has 0 atom stereocenters. The third kappa shape index (κ3) is 6.26. The molecule has 1 heterocycles. The van der Waals surface area contributed by atoms with Gasteiger partial charge in [-0.15, -0.1) is 0 Å². The molecule has 0 spiro atoms. The Kier molecular flexibility index (Phi) is 6.58. The highest BCUT2D eigenvalue weighted by Crippen LogP contribution is 2.11. The van der Waals surface area contributed by atoms with Gasteiger partial charge in [-0.2, -0.15) is 0 Å². The lowest BCUT2D eigenvalue weighted by atomic mass is 10.1. The first-order valence-electron chi connectivity index (χ1n) is 9.28. The molecule has 3 rings (SSSR count). The van der Waals surface area contributed by atoms with Crippen molar-refractivity contribution < 1.29 is 4.79 Å². The summed E-state index contributed by atoms with van der Waals surface area (Å²) in [4.78, 5) is 16.4. The van der Waals surface area contributed by atoms with Crippen LogP contribution < -0.4 is 10.6 Å². The third-order valence-corrected chi connectivity index (χ3v) is 4.33. The van der Waals surface area contributed by atoms with E-state index in [1.165, 1.54) is 11.1 Å². The van der Waals surface area contributed by atoms with Crippen molar-refractivity contribution >= 4 is 17.4 Å². The minimum absolute atomic E-state index is 0.0603. The molecule has 0 bridgehead atoms. The number of nitrogens with one attached hydrogen (secondary N) is 2. The van der Waals surface area contributed by atoms with E-state index < -0.39 is 0 Å². The second-order valence-electron chi connectivity index (χ2n) is 6.66. The van der Waals surface area contributed by atoms with E-state index in [0.717, 1.165) is 30.6 Å². The van der Waals surface area contributed by atoms with Gasteiger partial charge < -0.3 is 10.6 Å². The molecule has 138 valence electrons. The molecule has 1 aromatic heterocycles. The first-order valence-corrected chi connectivity index (χ1v) is 9.28. The predicted octanol–water partition coefficient (Wildman–Crippen LogP) is 4.62. The molecule has 1 amide bonds. The first kappa shape index (κ1) is 18.6. The Morgan fingerprint density at radius 3 is 2.41 bits per heavy atom. The zero-order chi connectivity index (χ0) is 18.9. The van der Waals surface area contributed by atoms with E-state index in [-0.39, 0.29) is 5.91 Å². The lowest BCUT2D eigenvalue weighted by Crippen LogP contribution is -2.15. The van der Waals surface area contributed by atoms with Crippen LogP contribution in [0.2, 0.25) is 0 Å². The van der Waals surface area contributed by atoms with Gasteiger partial charge in [-0.25, -0.2) is 4.98 Å². The van der Waals surface area contributed by atoms with Crippen LogP contribution >= 0.6 is 0 Å². The highest BCUT2D eigenvalue weighted by atomic mass is 16.1. The molecule has 0 fully saturated rings. The molecular formula is C23H25N3O. The van der Waals surface area contributed by atoms with E-state index in [4.69, 9.17) is 0 Å². The van der Waals surface area contributed by atoms with Crippen LogP contribution in [0.5, 0.6) is 0 Å². The Morgan fingerprint density at radius 2 is 1.70 bits per heavy atom. The maximum Gasteiger partial charge on any atom is 0.229 e. The van der Waals surface area contributed by atoms with Crippen LogP contribution in [0.4, 0.5) is 11.5 Å². The summed E-state index contributed by atoms with van der Waals surface area (Å²) < 4.78 is 0. The predicted molar refractivity (Wildman–Crippen MR) is 111 cm³/mol. The molecule has 4 heteroatoms. The van der Waals surface area contributed by atoms with Gasteiger partial charge in [-0.05, 0) is 43.0 Å². The van der Waals surface area contributed by atoms with Crippen molar-refractivity contribution in [3.8, 4) is 0 Å². The summed E-state index contributed by atoms with van der Waals surface area (Å²) >= 11 is 0. The molecule has 0 radical (unpaired) electrons. The summed E-state index contributed by atoms with van der Waals surface area (Å²) in [6.45, 7) is 2.92. The second kappa shape index (κ2) is 9.53. The van der Waals surface area contributed by atoms with Crippen molar-refractivity contribution in [2.24, 2.45) is 0 Å². The number of anilines is 2. The number of aryl methyl sites for hydroxylation is 2. The second-order valence-corrected chi connectivity index (χ2v) is 6.66. The fraction of sp³-hybridized carbons (Fsp3) is 0.217. The van der Waals surface area contributed by atoms with Crippen molar-refractivity contribution in [3.05, 3.63) is 89.6 Å². The number of pyridine rings is 1. The van der Waals surface area contributed by atoms with Gasteiger partial charge in [0.15, 0.2) is 0 Å². The lowest BCUT2D eigenvalue weighted by Gasteiger charge is -2.08. The standard InChI is InChI=1S/C23H25N3O/c1-18-9-11-20(12-10-18)16-23(27)26-22-14-13-21(17-25-22)24-15-5-8-19-6-3-2-4-7-19/h2-4,6-7,9-14,17,24H,5,8,15-16H2,1H3,(H,25,26,27). The fourth-order valence-corrected chi connectivity index (χ4v) is 2.82. The van der Waals surface area contributed by atoms with Gasteiger partial charge in [0.1, 0.15) is 5.82 Å². The maximum atomic E-state index is 12.1. The number of benzene rings is 2. The largest absolute Gasteiger partial charge is 0.384 e. The third-order valence-electron chi connectivity index (χ3n) is 4.33. The van der Waals surface area contributed by atoms with Crippen molar-refractivity contribution in [2.45, 2.75) is 26.2 Å². The Labute approximate surface area is 160 Å². The molecule has 27 heavy (non-hydrogen) atoms. The molecule has 0 saturated heterocycles. The smallest absolute Gasteiger partial charge is 0.229 e. The minimum atomic E-state index is -0.0603. The van der Waals surface area contributed by atoms with Gasteiger partial charge in [-0.1, -0.05) is 60.2 Å². The van der Waals surface area contributed by atoms with Gasteiger partial charge in [0.25, 0.3) is 0 Å². The fourth-order valence-electron chi connectivity index (χ4n) is 2.82. The Morgan fingerprint density at radius 1 is 0.926 bits per heavy atom. The number of hydrogen-bond acceptors (Lipinski definition) is 3. The van der Waals surface area contributed by atoms with E-state index in [2.05, 4.69) is 39.9 Å². The lowest BCUT2D eigenvalue weighted by molar-refractivity contribution is -0.115. The van der Waals surface area contributed by atoms with Crippen LogP contribution in [0, 0.1) is 6.92 Å². The van der Waals surface area contributed by atoms with E-state index in [1.807, 2.05) is 49.4 Å². The van der Waals surface area contributed by atoms with Crippen LogP contribution in [0.15, 0.2) is 72.9 Å². The summed E-state index contributed by atoms with van der Waals surface area (Å²) in [6.07, 6.45) is 4.21. The molecule has 0 aliphatic rings. The monoisotopic (exact) mass is 359 g/mol.